The van der Waals surface area contributed by atoms with Gasteiger partial charge in [-0.1, -0.05) is 71.3 Å². The fraction of sp³-hybridized carbons (Fsp3) is 0.857. The number of hydrogen-bond acceptors (Lipinski definition) is 20. The van der Waals surface area contributed by atoms with Gasteiger partial charge in [0.15, 0.2) is 12.6 Å². The molecule has 5 unspecified atom stereocenters. The Balaban J connectivity index is -0.00000125. The molecule has 11 atom stereocenters. The summed E-state index contributed by atoms with van der Waals surface area (Å²) < 4.78 is 109. The van der Waals surface area contributed by atoms with Crippen molar-refractivity contribution in [3.8, 4) is 0 Å². The van der Waals surface area contributed by atoms with Gasteiger partial charge in [-0.3, -0.25) is 28.8 Å². The van der Waals surface area contributed by atoms with Crippen LogP contribution < -0.4 is 18.9 Å². The number of alkyl halides is 4. The van der Waals surface area contributed by atoms with Gasteiger partial charge in [0.2, 0.25) is 11.6 Å². The zero-order valence-electron chi connectivity index (χ0n) is 56.0. The molecule has 3 saturated heterocycles. The van der Waals surface area contributed by atoms with Crippen molar-refractivity contribution in [3.63, 3.8) is 0 Å². The first-order valence-corrected chi connectivity index (χ1v) is 33.5. The summed E-state index contributed by atoms with van der Waals surface area (Å²) in [5.74, 6) is -10.8. The molecule has 0 bridgehead atoms. The van der Waals surface area contributed by atoms with Gasteiger partial charge in [0.25, 0.3) is 0 Å². The molecule has 20 nitrogen and oxygen atoms in total. The second kappa shape index (κ2) is 53.1. The molecule has 0 spiro atoms. The van der Waals surface area contributed by atoms with Crippen LogP contribution in [0.25, 0.3) is 0 Å². The first kappa shape index (κ1) is 87.8. The SMILES string of the molecule is C1CCOC1.CCCCC(F)(F)C(=O)/C=C/[C@@H]1C(CCCCCCC(=O)OC)[C@@H](OC(C)=O)C[C@H]1OC1CCCCO1.CCCCC(F)(F)C(=O)CP(C)OC.CO.COC(=O)CCCCCCC1[C@@H](OC(C)=O)C[C@@H](OC2CCCCO2)[C@@H]1C=O.O=O.[H-].[Li+]. The maximum absolute atomic E-state index is 14.3. The molecule has 0 amide bonds. The van der Waals surface area contributed by atoms with Crippen LogP contribution in [0.2, 0.25) is 0 Å². The molecule has 0 aromatic rings. The summed E-state index contributed by atoms with van der Waals surface area (Å²) in [5.41, 5.74) is 0. The fourth-order valence-electron chi connectivity index (χ4n) is 10.9. The number of Topliss-reactive ketones (excluding diaryl/α,β-unsaturated/α-hetero) is 1. The summed E-state index contributed by atoms with van der Waals surface area (Å²) in [7, 11) is 4.17. The summed E-state index contributed by atoms with van der Waals surface area (Å²) in [6, 6.07) is 0. The number of methoxy groups -OCH3 is 2. The van der Waals surface area contributed by atoms with E-state index in [0.29, 0.717) is 64.6 Å². The third-order valence-corrected chi connectivity index (χ3v) is 17.0. The molecular weight excluding hydrogens is 1190 g/mol. The largest absolute Gasteiger partial charge is 1.00 e. The number of carbonyl (C=O) groups excluding carboxylic acids is 7. The molecule has 5 aliphatic rings. The van der Waals surface area contributed by atoms with Gasteiger partial charge in [-0.05, 0) is 103 Å². The molecule has 1 N–H and O–H groups in total. The van der Waals surface area contributed by atoms with Crippen molar-refractivity contribution in [2.45, 2.75) is 256 Å². The van der Waals surface area contributed by atoms with Gasteiger partial charge >= 0.3 is 54.6 Å². The molecule has 5 rings (SSSR count). The molecular formula is C63H108F4LiO20P. The second-order valence-corrected chi connectivity index (χ2v) is 24.4. The number of esters is 4. The van der Waals surface area contributed by atoms with Crippen molar-refractivity contribution >= 4 is 49.9 Å². The normalized spacial score (nSPS) is 24.1. The standard InChI is InChI=1S/C28H44F2O7.C21H34O7.C9H17F2O2P.C4H8O.CH4O.Li.O2.H/c1-4-5-17-28(29,30)25(32)16-15-22-21(12-8-6-7-9-13-26(33)34-3)23(36-20(2)31)19-24(22)37-27-14-10-11-18-35-27;1-15(23)27-18-13-19(28-21-11-7-8-12-26-21)17(14-22)16(18)9-5-3-4-6-10-20(24)25-2;1-4-5-6-9(10,11)8(12)7-14(3)13-2;1-2-4-5-3-1;1-2;;1-2;/h15-16,21-24,27H,4-14,17-19H2,1-3H3;14,16-19,21H,3-13H2,1-2H3;4-7H2,1-3H3;1-4H2;2H,1H3;;;/q;;;;;+1;;-1/b16-15+;;;;;;;/t21?,22-,23+,24-,27?;16?,17-,18+,19-,21?;;;;;;/m11....../s1. The topological polar surface area (TPSA) is 266 Å². The molecule has 3 aliphatic heterocycles. The Labute approximate surface area is 541 Å². The average Bonchev–Trinajstić information content (AvgIpc) is 1.73. The maximum atomic E-state index is 14.3. The average molecular weight is 1300 g/mol. The van der Waals surface area contributed by atoms with E-state index in [-0.39, 0.29) is 99.4 Å². The van der Waals surface area contributed by atoms with Crippen LogP contribution >= 0.6 is 8.15 Å². The monoisotopic (exact) mass is 1300 g/mol. The minimum Gasteiger partial charge on any atom is -1.00 e. The van der Waals surface area contributed by atoms with Crippen LogP contribution in [0.5, 0.6) is 0 Å². The molecule has 89 heavy (non-hydrogen) atoms. The summed E-state index contributed by atoms with van der Waals surface area (Å²) in [6.45, 7) is 11.3. The first-order chi connectivity index (χ1) is 42.2. The summed E-state index contributed by atoms with van der Waals surface area (Å²) in [5, 5.41) is 7.00. The molecule has 2 aliphatic carbocycles. The quantitative estimate of drug-likeness (QED) is 0.00917. The van der Waals surface area contributed by atoms with Gasteiger partial charge in [0.1, 0.15) is 18.5 Å². The molecule has 3 heterocycles. The number of hydrogen-bond donors (Lipinski definition) is 1. The minimum absolute atomic E-state index is 0. The van der Waals surface area contributed by atoms with Crippen molar-refractivity contribution < 1.29 is 124 Å². The van der Waals surface area contributed by atoms with Crippen LogP contribution in [-0.2, 0) is 80.7 Å². The van der Waals surface area contributed by atoms with Crippen molar-refractivity contribution in [2.75, 3.05) is 67.7 Å². The predicted octanol–water partition coefficient (Wildman–Crippen LogP) is 9.75. The number of carbonyl (C=O) groups is 7. The van der Waals surface area contributed by atoms with Gasteiger partial charge in [0.05, 0.1) is 32.6 Å². The molecule has 514 valence electrons. The molecule has 26 heteroatoms. The summed E-state index contributed by atoms with van der Waals surface area (Å²) in [4.78, 5) is 95.2. The number of ether oxygens (including phenoxy) is 9. The second-order valence-electron chi connectivity index (χ2n) is 22.4. The Morgan fingerprint density at radius 3 is 1.38 bits per heavy atom. The molecule has 0 radical (unpaired) electrons. The first-order valence-electron chi connectivity index (χ1n) is 31.6. The fourth-order valence-corrected chi connectivity index (χ4v) is 11.6. The van der Waals surface area contributed by atoms with E-state index in [4.69, 9.17) is 52.7 Å². The van der Waals surface area contributed by atoms with E-state index in [9.17, 15) is 51.1 Å². The Morgan fingerprint density at radius 2 is 1.01 bits per heavy atom. The van der Waals surface area contributed by atoms with E-state index in [1.807, 2.05) is 6.92 Å². The van der Waals surface area contributed by atoms with Gasteiger partial charge < -0.3 is 58.5 Å². The number of unbranched alkanes of at least 4 members (excludes halogenated alkanes) is 8. The number of ketones is 2. The van der Waals surface area contributed by atoms with Crippen LogP contribution in [0.1, 0.15) is 209 Å². The number of aldehydes is 1. The van der Waals surface area contributed by atoms with Crippen LogP contribution in [-0.4, -0.2) is 163 Å². The van der Waals surface area contributed by atoms with Gasteiger partial charge in [-0.15, -0.1) is 0 Å². The predicted molar refractivity (Wildman–Crippen MR) is 326 cm³/mol. The van der Waals surface area contributed by atoms with Crippen molar-refractivity contribution in [3.05, 3.63) is 22.1 Å². The van der Waals surface area contributed by atoms with Crippen LogP contribution in [0.4, 0.5) is 17.6 Å². The Bertz CT molecular complexity index is 1930. The minimum atomic E-state index is -3.40. The van der Waals surface area contributed by atoms with Crippen LogP contribution in [0, 0.1) is 33.6 Å². The van der Waals surface area contributed by atoms with E-state index < -0.39 is 62.4 Å². The third kappa shape index (κ3) is 38.5. The van der Waals surface area contributed by atoms with E-state index in [1.54, 1.807) is 19.7 Å². The number of aliphatic hydroxyl groups excluding tert-OH is 1. The summed E-state index contributed by atoms with van der Waals surface area (Å²) in [6.07, 6.45) is 20.6. The molecule has 5 fully saturated rings. The maximum Gasteiger partial charge on any atom is 1.00 e. The third-order valence-electron chi connectivity index (χ3n) is 15.7. The van der Waals surface area contributed by atoms with E-state index in [2.05, 4.69) is 9.47 Å². The molecule has 0 aromatic carbocycles. The van der Waals surface area contributed by atoms with Gasteiger partial charge in [0, 0.05) is 135 Å². The smallest absolute Gasteiger partial charge is 1.00 e. The zero-order chi connectivity index (χ0) is 66.3. The van der Waals surface area contributed by atoms with Crippen molar-refractivity contribution in [1.82, 2.24) is 0 Å². The number of aliphatic hydroxyl groups is 1. The Hall–Kier alpha value is -3.30. The number of rotatable bonds is 34. The Morgan fingerprint density at radius 1 is 0.596 bits per heavy atom. The van der Waals surface area contributed by atoms with E-state index in [0.717, 1.165) is 129 Å². The van der Waals surface area contributed by atoms with E-state index >= 15 is 0 Å². The summed E-state index contributed by atoms with van der Waals surface area (Å²) >= 11 is 0. The zero-order valence-corrected chi connectivity index (χ0v) is 55.9. The molecule has 2 saturated carbocycles. The number of halogens is 4. The van der Waals surface area contributed by atoms with E-state index in [1.165, 1.54) is 48.0 Å². The molecule has 0 aromatic heterocycles. The van der Waals surface area contributed by atoms with Crippen molar-refractivity contribution in [1.29, 1.82) is 0 Å². The Kier molecular flexibility index (Phi) is 52.4. The van der Waals surface area contributed by atoms with Crippen LogP contribution in [0.15, 0.2) is 12.2 Å². The van der Waals surface area contributed by atoms with Gasteiger partial charge in [-0.25, -0.2) is 0 Å². The van der Waals surface area contributed by atoms with Gasteiger partial charge in [-0.2, -0.15) is 17.6 Å². The number of allylic oxidation sites excluding steroid dienone is 1. The van der Waals surface area contributed by atoms with Crippen LogP contribution in [0.3, 0.4) is 0 Å². The van der Waals surface area contributed by atoms with Crippen molar-refractivity contribution in [2.24, 2.45) is 23.7 Å².